The number of aromatic nitrogens is 3. The molecule has 0 amide bonds. The van der Waals surface area contributed by atoms with Crippen LogP contribution in [-0.2, 0) is 4.74 Å². The third-order valence-electron chi connectivity index (χ3n) is 4.29. The number of hydrogen-bond donors (Lipinski definition) is 1. The van der Waals surface area contributed by atoms with E-state index < -0.39 is 0 Å². The fourth-order valence-electron chi connectivity index (χ4n) is 3.03. The molecule has 0 aromatic carbocycles. The second-order valence-electron chi connectivity index (χ2n) is 5.86. The summed E-state index contributed by atoms with van der Waals surface area (Å²) < 4.78 is 7.50. The first-order valence-electron chi connectivity index (χ1n) is 8.33. The number of nitrogens with one attached hydrogen (secondary N) is 1. The van der Waals surface area contributed by atoms with Gasteiger partial charge in [-0.1, -0.05) is 6.07 Å². The quantitative estimate of drug-likeness (QED) is 0.780. The van der Waals surface area contributed by atoms with Gasteiger partial charge in [0, 0.05) is 50.3 Å². The molecule has 6 heteroatoms. The zero-order valence-corrected chi connectivity index (χ0v) is 13.6. The number of morpholine rings is 1. The van der Waals surface area contributed by atoms with Gasteiger partial charge in [-0.05, 0) is 24.3 Å². The summed E-state index contributed by atoms with van der Waals surface area (Å²) in [6, 6.07) is 10.0. The van der Waals surface area contributed by atoms with Crippen molar-refractivity contribution in [3.8, 4) is 11.3 Å². The van der Waals surface area contributed by atoms with Crippen molar-refractivity contribution in [3.63, 3.8) is 0 Å². The van der Waals surface area contributed by atoms with Crippen LogP contribution in [0.25, 0.3) is 16.9 Å². The molecule has 0 radical (unpaired) electrons. The van der Waals surface area contributed by atoms with Gasteiger partial charge in [0.15, 0.2) is 0 Å². The fraction of sp³-hybridized carbons (Fsp3) is 0.333. The van der Waals surface area contributed by atoms with Gasteiger partial charge >= 0.3 is 0 Å². The highest BCUT2D eigenvalue weighted by Gasteiger charge is 2.15. The zero-order chi connectivity index (χ0) is 16.2. The number of imidazole rings is 1. The van der Waals surface area contributed by atoms with Crippen LogP contribution in [-0.4, -0.2) is 58.7 Å². The Morgan fingerprint density at radius 1 is 1.12 bits per heavy atom. The van der Waals surface area contributed by atoms with E-state index in [2.05, 4.69) is 19.6 Å². The molecule has 1 aliphatic rings. The van der Waals surface area contributed by atoms with E-state index >= 15 is 0 Å². The van der Waals surface area contributed by atoms with Crippen LogP contribution in [0.3, 0.4) is 0 Å². The van der Waals surface area contributed by atoms with Crippen LogP contribution in [0.15, 0.2) is 48.9 Å². The molecule has 4 rings (SSSR count). The van der Waals surface area contributed by atoms with Crippen molar-refractivity contribution in [1.82, 2.24) is 19.3 Å². The van der Waals surface area contributed by atoms with Gasteiger partial charge in [-0.25, -0.2) is 4.98 Å². The van der Waals surface area contributed by atoms with Gasteiger partial charge in [-0.3, -0.25) is 14.3 Å². The molecule has 3 aromatic heterocycles. The summed E-state index contributed by atoms with van der Waals surface area (Å²) in [4.78, 5) is 11.4. The third-order valence-corrected chi connectivity index (χ3v) is 4.29. The zero-order valence-electron chi connectivity index (χ0n) is 13.6. The predicted molar refractivity (Wildman–Crippen MR) is 94.2 cm³/mol. The van der Waals surface area contributed by atoms with Crippen LogP contribution in [0.5, 0.6) is 0 Å². The van der Waals surface area contributed by atoms with Gasteiger partial charge in [0.25, 0.3) is 0 Å². The summed E-state index contributed by atoms with van der Waals surface area (Å²) in [5.74, 6) is 1.02. The maximum Gasteiger partial charge on any atom is 0.139 e. The molecule has 0 aliphatic carbocycles. The van der Waals surface area contributed by atoms with Crippen molar-refractivity contribution in [2.45, 2.75) is 0 Å². The van der Waals surface area contributed by atoms with E-state index in [0.29, 0.717) is 0 Å². The van der Waals surface area contributed by atoms with Crippen molar-refractivity contribution >= 4 is 11.5 Å². The lowest BCUT2D eigenvalue weighted by Gasteiger charge is -2.26. The van der Waals surface area contributed by atoms with Crippen molar-refractivity contribution in [1.29, 1.82) is 0 Å². The lowest BCUT2D eigenvalue weighted by Crippen LogP contribution is -2.39. The lowest BCUT2D eigenvalue weighted by atomic mass is 10.2. The Kier molecular flexibility index (Phi) is 4.40. The average molecular weight is 323 g/mol. The minimum absolute atomic E-state index is 0.830. The van der Waals surface area contributed by atoms with Gasteiger partial charge in [0.05, 0.1) is 13.2 Å². The Balaban J connectivity index is 1.58. The molecular weight excluding hydrogens is 302 g/mol. The van der Waals surface area contributed by atoms with Crippen LogP contribution in [0.4, 0.5) is 5.82 Å². The van der Waals surface area contributed by atoms with Crippen molar-refractivity contribution < 1.29 is 4.74 Å². The van der Waals surface area contributed by atoms with Crippen molar-refractivity contribution in [2.75, 3.05) is 44.7 Å². The SMILES string of the molecule is c1cncc(-c2nc3ccccn3c2NCCN2CCOCC2)c1. The molecule has 0 atom stereocenters. The molecule has 0 unspecified atom stereocenters. The minimum Gasteiger partial charge on any atom is -0.379 e. The fourth-order valence-corrected chi connectivity index (χ4v) is 3.03. The number of pyridine rings is 2. The molecule has 0 spiro atoms. The molecule has 1 saturated heterocycles. The van der Waals surface area contributed by atoms with Crippen LogP contribution < -0.4 is 5.32 Å². The van der Waals surface area contributed by atoms with Crippen LogP contribution in [0.2, 0.25) is 0 Å². The monoisotopic (exact) mass is 323 g/mol. The van der Waals surface area contributed by atoms with E-state index in [1.165, 1.54) is 0 Å². The Hall–Kier alpha value is -2.44. The molecule has 1 aliphatic heterocycles. The molecule has 24 heavy (non-hydrogen) atoms. The van der Waals surface area contributed by atoms with E-state index in [1.54, 1.807) is 6.20 Å². The van der Waals surface area contributed by atoms with Crippen molar-refractivity contribution in [3.05, 3.63) is 48.9 Å². The van der Waals surface area contributed by atoms with Gasteiger partial charge in [0.1, 0.15) is 17.2 Å². The van der Waals surface area contributed by atoms with Gasteiger partial charge in [0.2, 0.25) is 0 Å². The van der Waals surface area contributed by atoms with E-state index in [4.69, 9.17) is 9.72 Å². The van der Waals surface area contributed by atoms with Crippen LogP contribution in [0, 0.1) is 0 Å². The summed E-state index contributed by atoms with van der Waals surface area (Å²) in [7, 11) is 0. The molecule has 1 N–H and O–H groups in total. The maximum atomic E-state index is 5.40. The maximum absolute atomic E-state index is 5.40. The Morgan fingerprint density at radius 2 is 2.04 bits per heavy atom. The topological polar surface area (TPSA) is 54.7 Å². The molecule has 124 valence electrons. The number of fused-ring (bicyclic) bond motifs is 1. The minimum atomic E-state index is 0.830. The Labute approximate surface area is 141 Å². The molecule has 6 nitrogen and oxygen atoms in total. The number of rotatable bonds is 5. The molecule has 4 heterocycles. The van der Waals surface area contributed by atoms with E-state index in [-0.39, 0.29) is 0 Å². The first-order chi connectivity index (χ1) is 11.9. The Bertz CT molecular complexity index is 796. The summed E-state index contributed by atoms with van der Waals surface area (Å²) in [6.07, 6.45) is 5.68. The first kappa shape index (κ1) is 15.1. The summed E-state index contributed by atoms with van der Waals surface area (Å²) in [6.45, 7) is 5.54. The number of anilines is 1. The number of nitrogens with zero attached hydrogens (tertiary/aromatic N) is 4. The van der Waals surface area contributed by atoms with Crippen molar-refractivity contribution in [2.24, 2.45) is 0 Å². The lowest BCUT2D eigenvalue weighted by molar-refractivity contribution is 0.0398. The Morgan fingerprint density at radius 3 is 2.88 bits per heavy atom. The molecule has 0 bridgehead atoms. The highest BCUT2D eigenvalue weighted by Crippen LogP contribution is 2.27. The number of ether oxygens (including phenoxy) is 1. The summed E-state index contributed by atoms with van der Waals surface area (Å²) >= 11 is 0. The van der Waals surface area contributed by atoms with Gasteiger partial charge in [-0.2, -0.15) is 0 Å². The largest absolute Gasteiger partial charge is 0.379 e. The number of hydrogen-bond acceptors (Lipinski definition) is 5. The summed E-state index contributed by atoms with van der Waals surface area (Å²) in [5, 5.41) is 3.57. The van der Waals surface area contributed by atoms with E-state index in [9.17, 15) is 0 Å². The first-order valence-corrected chi connectivity index (χ1v) is 8.33. The van der Waals surface area contributed by atoms with E-state index in [0.717, 1.165) is 62.1 Å². The smallest absolute Gasteiger partial charge is 0.139 e. The average Bonchev–Trinajstić information content (AvgIpc) is 3.02. The highest BCUT2D eigenvalue weighted by atomic mass is 16.5. The highest BCUT2D eigenvalue weighted by molar-refractivity contribution is 5.75. The van der Waals surface area contributed by atoms with Crippen LogP contribution >= 0.6 is 0 Å². The molecular formula is C18H21N5O. The molecule has 3 aromatic rings. The molecule has 0 saturated carbocycles. The predicted octanol–water partition coefficient (Wildman–Crippen LogP) is 2.14. The summed E-state index contributed by atoms with van der Waals surface area (Å²) in [5.41, 5.74) is 2.90. The second kappa shape index (κ2) is 6.98. The van der Waals surface area contributed by atoms with Gasteiger partial charge in [-0.15, -0.1) is 0 Å². The third kappa shape index (κ3) is 3.11. The van der Waals surface area contributed by atoms with Crippen LogP contribution in [0.1, 0.15) is 0 Å². The standard InChI is InChI=1S/C18H21N5O/c1-2-8-23-16(5-1)21-17(15-4-3-6-19-14-15)18(23)20-7-9-22-10-12-24-13-11-22/h1-6,8,14,20H,7,9-13H2. The molecule has 1 fully saturated rings. The normalized spacial score (nSPS) is 15.7. The second-order valence-corrected chi connectivity index (χ2v) is 5.86. The van der Waals surface area contributed by atoms with Gasteiger partial charge < -0.3 is 10.1 Å². The van der Waals surface area contributed by atoms with E-state index in [1.807, 2.05) is 42.7 Å².